The lowest BCUT2D eigenvalue weighted by Crippen LogP contribution is -2.52. The van der Waals surface area contributed by atoms with Crippen molar-refractivity contribution in [1.82, 2.24) is 10.6 Å². The Balaban J connectivity index is 2.47. The molecule has 4 N–H and O–H groups in total. The molecule has 3 atom stereocenters. The molecule has 7 nitrogen and oxygen atoms in total. The van der Waals surface area contributed by atoms with Gasteiger partial charge in [-0.3, -0.25) is 9.59 Å². The van der Waals surface area contributed by atoms with Crippen molar-refractivity contribution < 1.29 is 24.6 Å². The molecule has 1 rings (SSSR count). The SMILES string of the molecule is CCC1CCNC(C(=O)N[C@H](CCCC(=O)O)C(=O)O)C1. The van der Waals surface area contributed by atoms with Crippen molar-refractivity contribution in [3.8, 4) is 0 Å². The molecule has 0 aromatic rings. The molecule has 0 bridgehead atoms. The normalized spacial score (nSPS) is 23.3. The first-order valence-corrected chi connectivity index (χ1v) is 7.42. The van der Waals surface area contributed by atoms with Gasteiger partial charge in [0, 0.05) is 6.42 Å². The number of rotatable bonds is 8. The van der Waals surface area contributed by atoms with Crippen molar-refractivity contribution in [3.05, 3.63) is 0 Å². The minimum atomic E-state index is -1.13. The summed E-state index contributed by atoms with van der Waals surface area (Å²) in [6, 6.07) is -1.38. The second-order valence-electron chi connectivity index (χ2n) is 5.49. The molecular weight excluding hydrogens is 276 g/mol. The predicted molar refractivity (Wildman–Crippen MR) is 75.9 cm³/mol. The maximum atomic E-state index is 12.1. The van der Waals surface area contributed by atoms with Crippen LogP contribution in [0.15, 0.2) is 0 Å². The fourth-order valence-electron chi connectivity index (χ4n) is 2.55. The Bertz CT molecular complexity index is 386. The Morgan fingerprint density at radius 2 is 2.05 bits per heavy atom. The van der Waals surface area contributed by atoms with Crippen molar-refractivity contribution in [2.45, 2.75) is 57.5 Å². The number of nitrogens with one attached hydrogen (secondary N) is 2. The van der Waals surface area contributed by atoms with Gasteiger partial charge < -0.3 is 20.8 Å². The van der Waals surface area contributed by atoms with E-state index in [2.05, 4.69) is 17.6 Å². The van der Waals surface area contributed by atoms with E-state index in [0.29, 0.717) is 12.3 Å². The first-order chi connectivity index (χ1) is 9.93. The highest BCUT2D eigenvalue weighted by Crippen LogP contribution is 2.19. The highest BCUT2D eigenvalue weighted by Gasteiger charge is 2.29. The van der Waals surface area contributed by atoms with Gasteiger partial charge in [-0.15, -0.1) is 0 Å². The van der Waals surface area contributed by atoms with Gasteiger partial charge in [-0.1, -0.05) is 13.3 Å². The lowest BCUT2D eigenvalue weighted by Gasteiger charge is -2.29. The molecule has 21 heavy (non-hydrogen) atoms. The largest absolute Gasteiger partial charge is 0.481 e. The van der Waals surface area contributed by atoms with Crippen LogP contribution in [0.2, 0.25) is 0 Å². The van der Waals surface area contributed by atoms with Gasteiger partial charge in [-0.25, -0.2) is 4.79 Å². The van der Waals surface area contributed by atoms with Crippen LogP contribution >= 0.6 is 0 Å². The van der Waals surface area contributed by atoms with E-state index >= 15 is 0 Å². The van der Waals surface area contributed by atoms with Gasteiger partial charge in [0.05, 0.1) is 6.04 Å². The zero-order valence-corrected chi connectivity index (χ0v) is 12.3. The smallest absolute Gasteiger partial charge is 0.326 e. The summed E-state index contributed by atoms with van der Waals surface area (Å²) in [5.74, 6) is -1.92. The highest BCUT2D eigenvalue weighted by molar-refractivity contribution is 5.87. The predicted octanol–water partition coefficient (Wildman–Crippen LogP) is 0.589. The summed E-state index contributed by atoms with van der Waals surface area (Å²) in [6.07, 6.45) is 3.00. The number of carboxylic acid groups (broad SMARTS) is 2. The molecule has 7 heteroatoms. The summed E-state index contributed by atoms with van der Waals surface area (Å²) in [4.78, 5) is 33.7. The van der Waals surface area contributed by atoms with Crippen molar-refractivity contribution in [1.29, 1.82) is 0 Å². The molecule has 0 radical (unpaired) electrons. The Morgan fingerprint density at radius 3 is 2.62 bits per heavy atom. The quantitative estimate of drug-likeness (QED) is 0.521. The number of aliphatic carboxylic acids is 2. The molecule has 1 amide bonds. The van der Waals surface area contributed by atoms with Gasteiger partial charge in [0.25, 0.3) is 0 Å². The highest BCUT2D eigenvalue weighted by atomic mass is 16.4. The van der Waals surface area contributed by atoms with E-state index in [0.717, 1.165) is 19.4 Å². The summed E-state index contributed by atoms with van der Waals surface area (Å²) in [7, 11) is 0. The van der Waals surface area contributed by atoms with Crippen LogP contribution in [0.3, 0.4) is 0 Å². The maximum absolute atomic E-state index is 12.1. The lowest BCUT2D eigenvalue weighted by atomic mass is 9.90. The number of carbonyl (C=O) groups is 3. The minimum Gasteiger partial charge on any atom is -0.481 e. The van der Waals surface area contributed by atoms with Crippen LogP contribution in [0.5, 0.6) is 0 Å². The van der Waals surface area contributed by atoms with Crippen LogP contribution in [0.1, 0.15) is 45.4 Å². The molecule has 120 valence electrons. The summed E-state index contributed by atoms with van der Waals surface area (Å²) in [5, 5.41) is 23.3. The van der Waals surface area contributed by atoms with E-state index in [9.17, 15) is 14.4 Å². The first-order valence-electron chi connectivity index (χ1n) is 7.42. The van der Waals surface area contributed by atoms with Crippen LogP contribution in [-0.4, -0.2) is 46.7 Å². The van der Waals surface area contributed by atoms with Crippen LogP contribution < -0.4 is 10.6 Å². The van der Waals surface area contributed by atoms with E-state index in [1.807, 2.05) is 0 Å². The number of hydrogen-bond donors (Lipinski definition) is 4. The van der Waals surface area contributed by atoms with Gasteiger partial charge >= 0.3 is 11.9 Å². The molecule has 1 fully saturated rings. The van der Waals surface area contributed by atoms with E-state index < -0.39 is 18.0 Å². The lowest BCUT2D eigenvalue weighted by molar-refractivity contribution is -0.143. The summed E-state index contributed by atoms with van der Waals surface area (Å²) >= 11 is 0. The van der Waals surface area contributed by atoms with Gasteiger partial charge in [-0.2, -0.15) is 0 Å². The number of amides is 1. The fraction of sp³-hybridized carbons (Fsp3) is 0.786. The van der Waals surface area contributed by atoms with Gasteiger partial charge in [0.2, 0.25) is 5.91 Å². The summed E-state index contributed by atoms with van der Waals surface area (Å²) in [5.41, 5.74) is 0. The van der Waals surface area contributed by atoms with Gasteiger partial charge in [-0.05, 0) is 38.1 Å². The van der Waals surface area contributed by atoms with Crippen LogP contribution in [-0.2, 0) is 14.4 Å². The standard InChI is InChI=1S/C14H24N2O5/c1-2-9-6-7-15-11(8-9)13(19)16-10(14(20)21)4-3-5-12(17)18/h9-11,15H,2-8H2,1H3,(H,16,19)(H,17,18)(H,20,21)/t9?,10-,11?/m1/s1. The minimum absolute atomic E-state index is 0.0980. The van der Waals surface area contributed by atoms with Gasteiger partial charge in [0.15, 0.2) is 0 Å². The monoisotopic (exact) mass is 300 g/mol. The summed E-state index contributed by atoms with van der Waals surface area (Å²) in [6.45, 7) is 2.84. The van der Waals surface area contributed by atoms with Crippen molar-refractivity contribution >= 4 is 17.8 Å². The number of carboxylic acids is 2. The van der Waals surface area contributed by atoms with E-state index in [1.54, 1.807) is 0 Å². The number of carbonyl (C=O) groups excluding carboxylic acids is 1. The van der Waals surface area contributed by atoms with Crippen molar-refractivity contribution in [2.75, 3.05) is 6.54 Å². The number of hydrogen-bond acceptors (Lipinski definition) is 4. The molecule has 1 saturated heterocycles. The fourth-order valence-corrected chi connectivity index (χ4v) is 2.55. The Hall–Kier alpha value is -1.63. The van der Waals surface area contributed by atoms with Crippen molar-refractivity contribution in [3.63, 3.8) is 0 Å². The second-order valence-corrected chi connectivity index (χ2v) is 5.49. The summed E-state index contributed by atoms with van der Waals surface area (Å²) < 4.78 is 0. The number of piperidine rings is 1. The zero-order valence-electron chi connectivity index (χ0n) is 12.3. The third kappa shape index (κ3) is 6.12. The maximum Gasteiger partial charge on any atom is 0.326 e. The van der Waals surface area contributed by atoms with Crippen molar-refractivity contribution in [2.24, 2.45) is 5.92 Å². The van der Waals surface area contributed by atoms with E-state index in [1.165, 1.54) is 0 Å². The Morgan fingerprint density at radius 1 is 1.33 bits per heavy atom. The van der Waals surface area contributed by atoms with Crippen LogP contribution in [0.25, 0.3) is 0 Å². The van der Waals surface area contributed by atoms with E-state index in [4.69, 9.17) is 10.2 Å². The average Bonchev–Trinajstić information content (AvgIpc) is 2.45. The van der Waals surface area contributed by atoms with Gasteiger partial charge in [0.1, 0.15) is 6.04 Å². The first kappa shape index (κ1) is 17.4. The Labute approximate surface area is 124 Å². The molecule has 1 aliphatic heterocycles. The molecule has 0 aromatic carbocycles. The molecule has 0 aliphatic carbocycles. The van der Waals surface area contributed by atoms with Crippen LogP contribution in [0.4, 0.5) is 0 Å². The van der Waals surface area contributed by atoms with E-state index in [-0.39, 0.29) is 31.2 Å². The molecular formula is C14H24N2O5. The average molecular weight is 300 g/mol. The molecule has 0 aromatic heterocycles. The topological polar surface area (TPSA) is 116 Å². The van der Waals surface area contributed by atoms with Crippen LogP contribution in [0, 0.1) is 5.92 Å². The molecule has 0 saturated carbocycles. The third-order valence-corrected chi connectivity index (χ3v) is 3.90. The molecule has 0 spiro atoms. The third-order valence-electron chi connectivity index (χ3n) is 3.90. The zero-order chi connectivity index (χ0) is 15.8. The molecule has 1 aliphatic rings. The molecule has 1 heterocycles. The molecule has 2 unspecified atom stereocenters. The Kier molecular flexibility index (Phi) is 7.14. The second kappa shape index (κ2) is 8.61.